The molecule has 1 fully saturated rings. The number of nitrogens with zero attached hydrogens (tertiary/aromatic N) is 4. The van der Waals surface area contributed by atoms with Crippen molar-refractivity contribution in [3.8, 4) is 11.4 Å². The van der Waals surface area contributed by atoms with Gasteiger partial charge in [0.05, 0.1) is 18.3 Å². The number of hydrogen-bond acceptors (Lipinski definition) is 8. The number of carbonyl (C=O) groups is 2. The zero-order valence-electron chi connectivity index (χ0n) is 19.7. The molecule has 1 amide bonds. The van der Waals surface area contributed by atoms with Gasteiger partial charge in [-0.3, -0.25) is 9.59 Å². The minimum Gasteiger partial charge on any atom is -0.466 e. The monoisotopic (exact) mass is 491 g/mol. The van der Waals surface area contributed by atoms with Crippen molar-refractivity contribution >= 4 is 35.4 Å². The van der Waals surface area contributed by atoms with Gasteiger partial charge >= 0.3 is 5.97 Å². The largest absolute Gasteiger partial charge is 0.466 e. The van der Waals surface area contributed by atoms with Gasteiger partial charge in [0.25, 0.3) is 0 Å². The lowest BCUT2D eigenvalue weighted by Gasteiger charge is -2.30. The van der Waals surface area contributed by atoms with E-state index in [-0.39, 0.29) is 23.2 Å². The Labute approximate surface area is 204 Å². The highest BCUT2D eigenvalue weighted by Gasteiger charge is 2.28. The van der Waals surface area contributed by atoms with E-state index in [1.54, 1.807) is 0 Å². The molecule has 33 heavy (non-hydrogen) atoms. The third-order valence-electron chi connectivity index (χ3n) is 5.64. The summed E-state index contributed by atoms with van der Waals surface area (Å²) in [7, 11) is 0. The highest BCUT2D eigenvalue weighted by atomic mass is 32.2. The van der Waals surface area contributed by atoms with Crippen molar-refractivity contribution in [3.63, 3.8) is 0 Å². The molecule has 0 saturated carbocycles. The highest BCUT2D eigenvalue weighted by Crippen LogP contribution is 2.28. The predicted molar refractivity (Wildman–Crippen MR) is 133 cm³/mol. The first kappa shape index (κ1) is 25.4. The number of benzene rings is 1. The van der Waals surface area contributed by atoms with E-state index in [9.17, 15) is 9.59 Å². The first-order valence-electron chi connectivity index (χ1n) is 11.2. The zero-order chi connectivity index (χ0) is 24.0. The Balaban J connectivity index is 1.44. The molecule has 1 aromatic heterocycles. The van der Waals surface area contributed by atoms with E-state index in [1.165, 1.54) is 33.8 Å². The van der Waals surface area contributed by atoms with Crippen LogP contribution in [0.15, 0.2) is 29.4 Å². The Hall–Kier alpha value is -2.20. The molecule has 180 valence electrons. The third kappa shape index (κ3) is 6.66. The van der Waals surface area contributed by atoms with Gasteiger partial charge in [-0.1, -0.05) is 56.8 Å². The molecule has 8 nitrogen and oxygen atoms in total. The Morgan fingerprint density at radius 1 is 1.15 bits per heavy atom. The summed E-state index contributed by atoms with van der Waals surface area (Å²) in [5.74, 6) is 7.08. The van der Waals surface area contributed by atoms with Crippen molar-refractivity contribution in [3.05, 3.63) is 29.8 Å². The SMILES string of the molecule is CCOC(=O)C1CCN(C(=O)CSCSc2nnc(-c3ccc(C(C)(C)C)cc3)n2N)CC1. The minimum atomic E-state index is -0.147. The van der Waals surface area contributed by atoms with Crippen LogP contribution in [0.4, 0.5) is 0 Å². The number of ether oxygens (including phenoxy) is 1. The quantitative estimate of drug-likeness (QED) is 0.197. The number of nitrogens with two attached hydrogens (primary N) is 1. The Bertz CT molecular complexity index is 948. The summed E-state index contributed by atoms with van der Waals surface area (Å²) in [6.45, 7) is 9.94. The van der Waals surface area contributed by atoms with Crippen LogP contribution in [0.25, 0.3) is 11.4 Å². The van der Waals surface area contributed by atoms with E-state index in [0.29, 0.717) is 54.4 Å². The fourth-order valence-corrected chi connectivity index (χ4v) is 5.40. The number of nitrogen functional groups attached to an aromatic ring is 1. The summed E-state index contributed by atoms with van der Waals surface area (Å²) in [4.78, 5) is 26.2. The van der Waals surface area contributed by atoms with Crippen molar-refractivity contribution in [1.82, 2.24) is 19.8 Å². The van der Waals surface area contributed by atoms with E-state index in [0.717, 1.165) is 5.56 Å². The van der Waals surface area contributed by atoms with Gasteiger partial charge in [-0.2, -0.15) is 0 Å². The minimum absolute atomic E-state index is 0.0847. The number of esters is 1. The van der Waals surface area contributed by atoms with Crippen LogP contribution in [0.5, 0.6) is 0 Å². The summed E-state index contributed by atoms with van der Waals surface area (Å²) >= 11 is 2.99. The van der Waals surface area contributed by atoms with Gasteiger partial charge in [0, 0.05) is 23.7 Å². The molecule has 10 heteroatoms. The topological polar surface area (TPSA) is 103 Å². The molecule has 3 rings (SSSR count). The molecule has 1 saturated heterocycles. The summed E-state index contributed by atoms with van der Waals surface area (Å²) in [6, 6.07) is 8.21. The molecule has 0 bridgehead atoms. The highest BCUT2D eigenvalue weighted by molar-refractivity contribution is 8.16. The van der Waals surface area contributed by atoms with Crippen LogP contribution in [0.1, 0.15) is 46.1 Å². The molecule has 1 aromatic carbocycles. The van der Waals surface area contributed by atoms with Gasteiger partial charge in [-0.15, -0.1) is 22.0 Å². The van der Waals surface area contributed by atoms with Gasteiger partial charge in [-0.05, 0) is 30.7 Å². The number of thioether (sulfide) groups is 2. The number of likely N-dealkylation sites (tertiary alicyclic amines) is 1. The molecule has 1 aliphatic rings. The number of carbonyl (C=O) groups excluding carboxylic acids is 2. The van der Waals surface area contributed by atoms with Crippen LogP contribution in [0.3, 0.4) is 0 Å². The van der Waals surface area contributed by atoms with Crippen LogP contribution in [0.2, 0.25) is 0 Å². The van der Waals surface area contributed by atoms with Crippen molar-refractivity contribution in [2.75, 3.05) is 36.4 Å². The molecule has 2 heterocycles. The lowest BCUT2D eigenvalue weighted by atomic mass is 9.87. The maximum absolute atomic E-state index is 12.5. The molecule has 2 N–H and O–H groups in total. The van der Waals surface area contributed by atoms with Crippen LogP contribution in [-0.2, 0) is 19.7 Å². The van der Waals surface area contributed by atoms with Crippen molar-refractivity contribution in [2.45, 2.75) is 51.1 Å². The molecule has 0 atom stereocenters. The number of rotatable bonds is 8. The summed E-state index contributed by atoms with van der Waals surface area (Å²) in [6.07, 6.45) is 1.33. The average molecular weight is 492 g/mol. The zero-order valence-corrected chi connectivity index (χ0v) is 21.4. The van der Waals surface area contributed by atoms with Crippen LogP contribution in [0, 0.1) is 5.92 Å². The van der Waals surface area contributed by atoms with Gasteiger partial charge in [0.15, 0.2) is 5.82 Å². The van der Waals surface area contributed by atoms with Crippen molar-refractivity contribution in [1.29, 1.82) is 0 Å². The predicted octanol–water partition coefficient (Wildman–Crippen LogP) is 3.54. The second-order valence-corrected chi connectivity index (χ2v) is 11.3. The average Bonchev–Trinajstić information content (AvgIpc) is 3.16. The van der Waals surface area contributed by atoms with E-state index >= 15 is 0 Å². The summed E-state index contributed by atoms with van der Waals surface area (Å²) in [5.41, 5.74) is 2.25. The van der Waals surface area contributed by atoms with Crippen molar-refractivity contribution < 1.29 is 14.3 Å². The number of piperidine rings is 1. The number of aromatic nitrogens is 3. The molecule has 1 aliphatic heterocycles. The first-order valence-corrected chi connectivity index (χ1v) is 13.3. The van der Waals surface area contributed by atoms with Gasteiger partial charge in [0.1, 0.15) is 0 Å². The molecular formula is C23H33N5O3S2. The third-order valence-corrected chi connectivity index (χ3v) is 7.76. The number of amides is 1. The molecule has 0 spiro atoms. The maximum atomic E-state index is 12.5. The van der Waals surface area contributed by atoms with E-state index in [4.69, 9.17) is 10.6 Å². The van der Waals surface area contributed by atoms with E-state index < -0.39 is 0 Å². The Kier molecular flexibility index (Phi) is 8.69. The second kappa shape index (κ2) is 11.3. The van der Waals surface area contributed by atoms with Crippen LogP contribution in [-0.4, -0.2) is 62.2 Å². The molecule has 0 aliphatic carbocycles. The van der Waals surface area contributed by atoms with Crippen LogP contribution >= 0.6 is 23.5 Å². The summed E-state index contributed by atoms with van der Waals surface area (Å²) in [5, 5.41) is 9.71. The number of hydrogen-bond donors (Lipinski definition) is 1. The first-order chi connectivity index (χ1) is 15.7. The Morgan fingerprint density at radius 2 is 1.82 bits per heavy atom. The van der Waals surface area contributed by atoms with E-state index in [1.807, 2.05) is 24.0 Å². The lowest BCUT2D eigenvalue weighted by molar-refractivity contribution is -0.151. The van der Waals surface area contributed by atoms with Gasteiger partial charge in [-0.25, -0.2) is 4.68 Å². The summed E-state index contributed by atoms with van der Waals surface area (Å²) < 4.78 is 6.58. The Morgan fingerprint density at radius 3 is 2.42 bits per heavy atom. The molecule has 2 aromatic rings. The van der Waals surface area contributed by atoms with Gasteiger partial charge < -0.3 is 15.5 Å². The molecular weight excluding hydrogens is 458 g/mol. The smallest absolute Gasteiger partial charge is 0.309 e. The normalized spacial score (nSPS) is 15.0. The van der Waals surface area contributed by atoms with E-state index in [2.05, 4.69) is 43.1 Å². The lowest BCUT2D eigenvalue weighted by Crippen LogP contribution is -2.41. The standard InChI is InChI=1S/C23H33N5O3S2/c1-5-31-21(30)17-10-12-27(13-11-17)19(29)14-32-15-33-22-26-25-20(28(22)24)16-6-8-18(9-7-16)23(2,3)4/h6-9,17H,5,10-15,24H2,1-4H3. The fourth-order valence-electron chi connectivity index (χ4n) is 3.63. The van der Waals surface area contributed by atoms with Gasteiger partial charge in [0.2, 0.25) is 11.1 Å². The van der Waals surface area contributed by atoms with Crippen molar-refractivity contribution in [2.24, 2.45) is 5.92 Å². The maximum Gasteiger partial charge on any atom is 0.309 e. The second-order valence-electron chi connectivity index (χ2n) is 9.02. The molecule has 0 radical (unpaired) electrons. The molecule has 0 unspecified atom stereocenters. The fraction of sp³-hybridized carbons (Fsp3) is 0.565. The van der Waals surface area contributed by atoms with Crippen LogP contribution < -0.4 is 5.84 Å².